The highest BCUT2D eigenvalue weighted by molar-refractivity contribution is 5.60. The van der Waals surface area contributed by atoms with Gasteiger partial charge in [-0.3, -0.25) is 0 Å². The van der Waals surface area contributed by atoms with E-state index < -0.39 is 0 Å². The molecule has 1 atom stereocenters. The Morgan fingerprint density at radius 2 is 2.46 bits per heavy atom. The van der Waals surface area contributed by atoms with Crippen molar-refractivity contribution in [1.82, 2.24) is 10.4 Å². The molecule has 0 radical (unpaired) electrons. The first-order valence-corrected chi connectivity index (χ1v) is 4.17. The number of pyridine rings is 1. The van der Waals surface area contributed by atoms with Gasteiger partial charge in [0.2, 0.25) is 5.88 Å². The third kappa shape index (κ3) is 1.61. The van der Waals surface area contributed by atoms with Crippen LogP contribution in [0.1, 0.15) is 18.0 Å². The summed E-state index contributed by atoms with van der Waals surface area (Å²) in [5.74, 6) is 0.641. The molecule has 4 heteroatoms. The fourth-order valence-electron chi connectivity index (χ4n) is 1.28. The number of hydrogen-bond donors (Lipinski definition) is 1. The van der Waals surface area contributed by atoms with Gasteiger partial charge >= 0.3 is 0 Å². The minimum Gasteiger partial charge on any atom is -0.481 e. The van der Waals surface area contributed by atoms with Crippen LogP contribution in [0.3, 0.4) is 0 Å². The van der Waals surface area contributed by atoms with E-state index in [9.17, 15) is 0 Å². The Hall–Kier alpha value is -1.58. The Bertz CT molecular complexity index is 299. The smallest absolute Gasteiger partial charge is 0.212 e. The number of rotatable bonds is 2. The van der Waals surface area contributed by atoms with Gasteiger partial charge in [0, 0.05) is 24.9 Å². The fraction of sp³-hybridized carbons (Fsp3) is 0.333. The number of ether oxygens (including phenoxy) is 1. The second kappa shape index (κ2) is 3.43. The molecule has 0 aliphatic carbocycles. The van der Waals surface area contributed by atoms with Gasteiger partial charge in [-0.05, 0) is 11.6 Å². The first-order chi connectivity index (χ1) is 6.40. The molecule has 0 saturated heterocycles. The lowest BCUT2D eigenvalue weighted by Gasteiger charge is -2.09. The van der Waals surface area contributed by atoms with E-state index in [1.54, 1.807) is 7.11 Å². The zero-order valence-corrected chi connectivity index (χ0v) is 7.40. The Balaban J connectivity index is 2.13. The summed E-state index contributed by atoms with van der Waals surface area (Å²) in [5.41, 5.74) is 4.14. The minimum absolute atomic E-state index is 0.276. The molecule has 0 spiro atoms. The lowest BCUT2D eigenvalue weighted by Crippen LogP contribution is -2.09. The highest BCUT2D eigenvalue weighted by atomic mass is 16.5. The molecular formula is C9H11N3O. The van der Waals surface area contributed by atoms with Crippen molar-refractivity contribution in [3.05, 3.63) is 23.9 Å². The molecule has 1 aliphatic heterocycles. The summed E-state index contributed by atoms with van der Waals surface area (Å²) in [4.78, 5) is 4.12. The molecule has 13 heavy (non-hydrogen) atoms. The van der Waals surface area contributed by atoms with Crippen LogP contribution in [-0.2, 0) is 0 Å². The van der Waals surface area contributed by atoms with Crippen LogP contribution in [0.4, 0.5) is 0 Å². The van der Waals surface area contributed by atoms with Gasteiger partial charge in [-0.2, -0.15) is 5.10 Å². The average molecular weight is 177 g/mol. The number of nitrogens with one attached hydrogen (secondary N) is 1. The van der Waals surface area contributed by atoms with Crippen molar-refractivity contribution in [3.63, 3.8) is 0 Å². The second-order valence-corrected chi connectivity index (χ2v) is 2.86. The topological polar surface area (TPSA) is 46.5 Å². The lowest BCUT2D eigenvalue weighted by molar-refractivity contribution is 0.397. The molecule has 0 fully saturated rings. The molecule has 0 saturated carbocycles. The van der Waals surface area contributed by atoms with Crippen LogP contribution >= 0.6 is 0 Å². The van der Waals surface area contributed by atoms with Crippen molar-refractivity contribution in [2.24, 2.45) is 5.10 Å². The maximum atomic E-state index is 4.97. The van der Waals surface area contributed by atoms with Crippen LogP contribution < -0.4 is 10.2 Å². The summed E-state index contributed by atoms with van der Waals surface area (Å²) in [6.45, 7) is 0. The molecule has 68 valence electrons. The zero-order valence-electron chi connectivity index (χ0n) is 7.40. The van der Waals surface area contributed by atoms with Gasteiger partial charge in [-0.1, -0.05) is 0 Å². The van der Waals surface area contributed by atoms with E-state index in [1.165, 1.54) is 0 Å². The fourth-order valence-corrected chi connectivity index (χ4v) is 1.28. The van der Waals surface area contributed by atoms with Gasteiger partial charge in [-0.25, -0.2) is 4.98 Å². The molecular weight excluding hydrogens is 166 g/mol. The van der Waals surface area contributed by atoms with Crippen LogP contribution in [0, 0.1) is 0 Å². The van der Waals surface area contributed by atoms with E-state index in [0.717, 1.165) is 12.0 Å². The summed E-state index contributed by atoms with van der Waals surface area (Å²) in [6.07, 6.45) is 4.61. The quantitative estimate of drug-likeness (QED) is 0.736. The maximum Gasteiger partial charge on any atom is 0.212 e. The van der Waals surface area contributed by atoms with Crippen molar-refractivity contribution < 1.29 is 4.74 Å². The molecule has 2 heterocycles. The van der Waals surface area contributed by atoms with E-state index in [0.29, 0.717) is 5.88 Å². The van der Waals surface area contributed by atoms with Crippen molar-refractivity contribution >= 4 is 6.21 Å². The number of aromatic nitrogens is 1. The van der Waals surface area contributed by atoms with E-state index in [-0.39, 0.29) is 6.04 Å². The Morgan fingerprint density at radius 1 is 1.54 bits per heavy atom. The van der Waals surface area contributed by atoms with Gasteiger partial charge in [0.15, 0.2) is 0 Å². The Morgan fingerprint density at radius 3 is 3.00 bits per heavy atom. The summed E-state index contributed by atoms with van der Waals surface area (Å²) in [7, 11) is 1.61. The van der Waals surface area contributed by atoms with E-state index in [4.69, 9.17) is 4.74 Å². The first-order valence-electron chi connectivity index (χ1n) is 4.17. The normalized spacial score (nSPS) is 19.9. The lowest BCUT2D eigenvalue weighted by atomic mass is 10.1. The Kier molecular flexibility index (Phi) is 2.12. The third-order valence-corrected chi connectivity index (χ3v) is 2.03. The zero-order chi connectivity index (χ0) is 9.10. The number of methoxy groups -OCH3 is 1. The van der Waals surface area contributed by atoms with Crippen LogP contribution in [0.2, 0.25) is 0 Å². The third-order valence-electron chi connectivity index (χ3n) is 2.03. The predicted molar refractivity (Wildman–Crippen MR) is 49.8 cm³/mol. The SMILES string of the molecule is COc1ccc(C2CC=NN2)cn1. The average Bonchev–Trinajstić information content (AvgIpc) is 2.71. The van der Waals surface area contributed by atoms with Crippen LogP contribution in [-0.4, -0.2) is 18.3 Å². The summed E-state index contributed by atoms with van der Waals surface area (Å²) in [5, 5.41) is 3.95. The van der Waals surface area contributed by atoms with E-state index in [2.05, 4.69) is 15.5 Å². The summed E-state index contributed by atoms with van der Waals surface area (Å²) < 4.78 is 4.97. The highest BCUT2D eigenvalue weighted by Gasteiger charge is 2.12. The van der Waals surface area contributed by atoms with Crippen molar-refractivity contribution in [2.75, 3.05) is 7.11 Å². The standard InChI is InChI=1S/C9H11N3O/c1-13-9-3-2-7(6-10-9)8-4-5-11-12-8/h2-3,5-6,8,12H,4H2,1H3. The second-order valence-electron chi connectivity index (χ2n) is 2.86. The molecule has 1 aromatic rings. The Labute approximate surface area is 76.6 Å². The van der Waals surface area contributed by atoms with E-state index >= 15 is 0 Å². The number of hydrogen-bond acceptors (Lipinski definition) is 4. The van der Waals surface area contributed by atoms with Crippen LogP contribution in [0.25, 0.3) is 0 Å². The molecule has 1 unspecified atom stereocenters. The summed E-state index contributed by atoms with van der Waals surface area (Å²) >= 11 is 0. The van der Waals surface area contributed by atoms with Gasteiger partial charge in [0.25, 0.3) is 0 Å². The molecule has 1 N–H and O–H groups in total. The maximum absolute atomic E-state index is 4.97. The highest BCUT2D eigenvalue weighted by Crippen LogP contribution is 2.19. The van der Waals surface area contributed by atoms with Crippen LogP contribution in [0.15, 0.2) is 23.4 Å². The molecule has 0 aromatic carbocycles. The molecule has 2 rings (SSSR count). The van der Waals surface area contributed by atoms with Crippen molar-refractivity contribution in [1.29, 1.82) is 0 Å². The molecule has 0 bridgehead atoms. The van der Waals surface area contributed by atoms with Crippen molar-refractivity contribution in [3.8, 4) is 5.88 Å². The van der Waals surface area contributed by atoms with Crippen molar-refractivity contribution in [2.45, 2.75) is 12.5 Å². The first kappa shape index (κ1) is 8.04. The largest absolute Gasteiger partial charge is 0.481 e. The number of hydrazone groups is 1. The van der Waals surface area contributed by atoms with Gasteiger partial charge in [-0.15, -0.1) is 0 Å². The predicted octanol–water partition coefficient (Wildman–Crippen LogP) is 1.11. The van der Waals surface area contributed by atoms with Gasteiger partial charge in [0.1, 0.15) is 0 Å². The molecule has 4 nitrogen and oxygen atoms in total. The monoisotopic (exact) mass is 177 g/mol. The van der Waals surface area contributed by atoms with Gasteiger partial charge < -0.3 is 10.2 Å². The van der Waals surface area contributed by atoms with E-state index in [1.807, 2.05) is 24.5 Å². The number of nitrogens with zero attached hydrogens (tertiary/aromatic N) is 2. The minimum atomic E-state index is 0.276. The van der Waals surface area contributed by atoms with Gasteiger partial charge in [0.05, 0.1) is 13.2 Å². The van der Waals surface area contributed by atoms with Crippen LogP contribution in [0.5, 0.6) is 5.88 Å². The molecule has 0 amide bonds. The molecule has 1 aromatic heterocycles. The summed E-state index contributed by atoms with van der Waals surface area (Å²) in [6, 6.07) is 4.13. The molecule has 1 aliphatic rings.